The van der Waals surface area contributed by atoms with Crippen LogP contribution in [0, 0.1) is 6.92 Å². The zero-order valence-electron chi connectivity index (χ0n) is 20.1. The molecule has 35 heavy (non-hydrogen) atoms. The lowest BCUT2D eigenvalue weighted by atomic mass is 10.2. The van der Waals surface area contributed by atoms with Gasteiger partial charge in [-0.25, -0.2) is 9.59 Å². The number of hydrogen-bond acceptors (Lipinski definition) is 4. The van der Waals surface area contributed by atoms with Crippen molar-refractivity contribution >= 4 is 34.8 Å². The molecule has 0 atom stereocenters. The summed E-state index contributed by atoms with van der Waals surface area (Å²) in [5.74, 6) is 0. The Morgan fingerprint density at radius 3 is 1.66 bits per heavy atom. The highest BCUT2D eigenvalue weighted by Gasteiger charge is 2.07. The zero-order valence-corrected chi connectivity index (χ0v) is 20.1. The molecule has 3 rings (SSSR count). The van der Waals surface area contributed by atoms with Gasteiger partial charge in [0.2, 0.25) is 0 Å². The van der Waals surface area contributed by atoms with E-state index in [0.717, 1.165) is 42.9 Å². The monoisotopic (exact) mass is 474 g/mol. The Hall–Kier alpha value is -4.20. The van der Waals surface area contributed by atoms with E-state index in [9.17, 15) is 9.59 Å². The first-order valence-electron chi connectivity index (χ1n) is 11.9. The molecule has 3 aromatic rings. The molecule has 0 aliphatic carbocycles. The number of amides is 4. The maximum atomic E-state index is 12.3. The normalized spacial score (nSPS) is 10.2. The van der Waals surface area contributed by atoms with Gasteiger partial charge >= 0.3 is 12.1 Å². The van der Waals surface area contributed by atoms with E-state index >= 15 is 0 Å². The molecule has 0 saturated heterocycles. The number of benzene rings is 3. The molecule has 0 aliphatic rings. The minimum Gasteiger partial charge on any atom is -0.385 e. The summed E-state index contributed by atoms with van der Waals surface area (Å²) in [6.07, 6.45) is 1.59. The fraction of sp³-hybridized carbons (Fsp3) is 0.259. The third kappa shape index (κ3) is 9.67. The maximum Gasteiger partial charge on any atom is 0.319 e. The molecule has 0 fully saturated rings. The van der Waals surface area contributed by atoms with Crippen molar-refractivity contribution in [2.24, 2.45) is 0 Å². The van der Waals surface area contributed by atoms with Crippen LogP contribution in [-0.4, -0.2) is 38.2 Å². The molecule has 3 aromatic carbocycles. The van der Waals surface area contributed by atoms with Gasteiger partial charge in [0.25, 0.3) is 0 Å². The van der Waals surface area contributed by atoms with E-state index in [0.29, 0.717) is 24.5 Å². The van der Waals surface area contributed by atoms with Crippen LogP contribution < -0.4 is 31.9 Å². The third-order valence-electron chi connectivity index (χ3n) is 5.23. The average molecular weight is 475 g/mol. The van der Waals surface area contributed by atoms with Gasteiger partial charge in [-0.05, 0) is 61.7 Å². The Balaban J connectivity index is 1.33. The largest absolute Gasteiger partial charge is 0.385 e. The molecule has 8 heteroatoms. The van der Waals surface area contributed by atoms with E-state index in [1.807, 2.05) is 79.7 Å². The Morgan fingerprint density at radius 2 is 1.11 bits per heavy atom. The molecule has 4 amide bonds. The van der Waals surface area contributed by atoms with Gasteiger partial charge in [0.05, 0.1) is 0 Å². The highest BCUT2D eigenvalue weighted by Crippen LogP contribution is 2.20. The molecule has 0 aromatic heterocycles. The van der Waals surface area contributed by atoms with Crippen molar-refractivity contribution in [3.05, 3.63) is 84.4 Å². The number of hydrogen-bond donors (Lipinski definition) is 6. The van der Waals surface area contributed by atoms with Crippen LogP contribution in [0.2, 0.25) is 0 Å². The van der Waals surface area contributed by atoms with Crippen molar-refractivity contribution in [3.8, 4) is 0 Å². The van der Waals surface area contributed by atoms with Gasteiger partial charge < -0.3 is 31.9 Å². The van der Waals surface area contributed by atoms with E-state index < -0.39 is 0 Å². The number of carbonyl (C=O) groups is 2. The Kier molecular flexibility index (Phi) is 10.3. The fourth-order valence-electron chi connectivity index (χ4n) is 3.33. The van der Waals surface area contributed by atoms with Gasteiger partial charge in [-0.1, -0.05) is 42.5 Å². The highest BCUT2D eigenvalue weighted by molar-refractivity contribution is 5.93. The lowest BCUT2D eigenvalue weighted by Gasteiger charge is -2.13. The Bertz CT molecular complexity index is 1060. The van der Waals surface area contributed by atoms with E-state index in [-0.39, 0.29) is 12.1 Å². The second kappa shape index (κ2) is 14.1. The van der Waals surface area contributed by atoms with Gasteiger partial charge in [-0.15, -0.1) is 0 Å². The molecule has 0 aliphatic heterocycles. The Morgan fingerprint density at radius 1 is 0.600 bits per heavy atom. The topological polar surface area (TPSA) is 106 Å². The second-order valence-corrected chi connectivity index (χ2v) is 8.08. The van der Waals surface area contributed by atoms with Crippen LogP contribution in [0.1, 0.15) is 18.4 Å². The number of aryl methyl sites for hydroxylation is 1. The summed E-state index contributed by atoms with van der Waals surface area (Å²) in [4.78, 5) is 24.5. The third-order valence-corrected chi connectivity index (χ3v) is 5.23. The first-order chi connectivity index (χ1) is 17.1. The predicted octanol–water partition coefficient (Wildman–Crippen LogP) is 5.24. The highest BCUT2D eigenvalue weighted by atomic mass is 16.2. The summed E-state index contributed by atoms with van der Waals surface area (Å²) in [7, 11) is 0. The first-order valence-corrected chi connectivity index (χ1v) is 11.9. The van der Waals surface area contributed by atoms with Crippen molar-refractivity contribution in [2.75, 3.05) is 47.4 Å². The molecule has 0 heterocycles. The molecule has 0 spiro atoms. The number of rotatable bonds is 12. The van der Waals surface area contributed by atoms with Crippen LogP contribution in [0.3, 0.4) is 0 Å². The quantitative estimate of drug-likeness (QED) is 0.202. The van der Waals surface area contributed by atoms with Crippen LogP contribution in [0.4, 0.5) is 32.3 Å². The molecule has 8 nitrogen and oxygen atoms in total. The van der Waals surface area contributed by atoms with Gasteiger partial charge in [0.15, 0.2) is 0 Å². The predicted molar refractivity (Wildman–Crippen MR) is 144 cm³/mol. The van der Waals surface area contributed by atoms with Crippen LogP contribution in [0.15, 0.2) is 78.9 Å². The molecule has 184 valence electrons. The van der Waals surface area contributed by atoms with Crippen molar-refractivity contribution in [2.45, 2.75) is 19.8 Å². The van der Waals surface area contributed by atoms with Crippen LogP contribution >= 0.6 is 0 Å². The lowest BCUT2D eigenvalue weighted by Crippen LogP contribution is -2.31. The lowest BCUT2D eigenvalue weighted by molar-refractivity contribution is 0.251. The number of nitrogens with one attached hydrogen (secondary N) is 6. The molecule has 0 bridgehead atoms. The van der Waals surface area contributed by atoms with E-state index in [1.165, 1.54) is 0 Å². The molecular formula is C27H34N6O2. The summed E-state index contributed by atoms with van der Waals surface area (Å²) < 4.78 is 0. The molecule has 0 radical (unpaired) electrons. The molecular weight excluding hydrogens is 440 g/mol. The van der Waals surface area contributed by atoms with Crippen molar-refractivity contribution in [1.29, 1.82) is 0 Å². The number of anilines is 4. The van der Waals surface area contributed by atoms with E-state index in [1.54, 1.807) is 6.07 Å². The smallest absolute Gasteiger partial charge is 0.319 e. The summed E-state index contributed by atoms with van der Waals surface area (Å²) in [6.45, 7) is 4.53. The van der Waals surface area contributed by atoms with Crippen molar-refractivity contribution < 1.29 is 9.59 Å². The molecule has 0 unspecified atom stereocenters. The number of para-hydroxylation sites is 2. The van der Waals surface area contributed by atoms with Crippen LogP contribution in [-0.2, 0) is 0 Å². The Labute approximate surface area is 206 Å². The van der Waals surface area contributed by atoms with Gasteiger partial charge in [0, 0.05) is 48.9 Å². The van der Waals surface area contributed by atoms with E-state index in [4.69, 9.17) is 0 Å². The van der Waals surface area contributed by atoms with Gasteiger partial charge in [0.1, 0.15) is 0 Å². The van der Waals surface area contributed by atoms with Crippen molar-refractivity contribution in [3.63, 3.8) is 0 Å². The standard InChI is InChI=1S/C27H34N6O2/c1-21-14-15-24(32-26(34)30-18-8-16-28-22-10-4-2-5-11-22)20-25(21)33-27(35)31-19-9-17-29-23-12-6-3-7-13-23/h2-7,10-15,20,28-29H,8-9,16-19H2,1H3,(H2,30,32,34)(H2,31,33,35). The average Bonchev–Trinajstić information content (AvgIpc) is 2.87. The zero-order chi connectivity index (χ0) is 24.7. The summed E-state index contributed by atoms with van der Waals surface area (Å²) >= 11 is 0. The summed E-state index contributed by atoms with van der Waals surface area (Å²) in [5.41, 5.74) is 4.28. The second-order valence-electron chi connectivity index (χ2n) is 8.08. The van der Waals surface area contributed by atoms with Crippen LogP contribution in [0.5, 0.6) is 0 Å². The van der Waals surface area contributed by atoms with Crippen LogP contribution in [0.25, 0.3) is 0 Å². The maximum absolute atomic E-state index is 12.3. The molecule has 0 saturated carbocycles. The summed E-state index contributed by atoms with van der Waals surface area (Å²) in [5, 5.41) is 18.0. The number of urea groups is 2. The van der Waals surface area contributed by atoms with Gasteiger partial charge in [-0.2, -0.15) is 0 Å². The minimum absolute atomic E-state index is 0.277. The minimum atomic E-state index is -0.283. The SMILES string of the molecule is Cc1ccc(NC(=O)NCCCNc2ccccc2)cc1NC(=O)NCCCNc1ccccc1. The first kappa shape index (κ1) is 25.4. The van der Waals surface area contributed by atoms with E-state index in [2.05, 4.69) is 31.9 Å². The summed E-state index contributed by atoms with van der Waals surface area (Å²) in [6, 6.07) is 24.8. The van der Waals surface area contributed by atoms with Gasteiger partial charge in [-0.3, -0.25) is 0 Å². The number of carbonyl (C=O) groups excluding carboxylic acids is 2. The fourth-order valence-corrected chi connectivity index (χ4v) is 3.33. The molecule has 6 N–H and O–H groups in total. The van der Waals surface area contributed by atoms with Crippen molar-refractivity contribution in [1.82, 2.24) is 10.6 Å².